The van der Waals surface area contributed by atoms with E-state index in [1.807, 2.05) is 19.2 Å². The predicted octanol–water partition coefficient (Wildman–Crippen LogP) is 4.99. The predicted molar refractivity (Wildman–Crippen MR) is 74.9 cm³/mol. The minimum atomic E-state index is -4.47. The zero-order valence-corrected chi connectivity index (χ0v) is 12.1. The molecule has 0 aliphatic heterocycles. The number of nitrogens with one attached hydrogen (secondary N) is 1. The molecule has 1 amide bonds. The van der Waals surface area contributed by atoms with E-state index >= 15 is 0 Å². The zero-order chi connectivity index (χ0) is 15.6. The van der Waals surface area contributed by atoms with E-state index < -0.39 is 17.8 Å². The number of ether oxygens (including phenoxy) is 1. The standard InChI is InChI=1S/C14H12F3NO2S/c1-8-7-21-12(9(8)2)18-13(19)20-11-5-3-4-10(6-11)14(15,16)17/h3-7H,1-2H3,(H,18,19). The molecule has 0 bridgehead atoms. The van der Waals surface area contributed by atoms with Gasteiger partial charge in [0.25, 0.3) is 0 Å². The average molecular weight is 315 g/mol. The Bertz CT molecular complexity index is 664. The summed E-state index contributed by atoms with van der Waals surface area (Å²) in [4.78, 5) is 11.7. The lowest BCUT2D eigenvalue weighted by Crippen LogP contribution is -2.17. The SMILES string of the molecule is Cc1csc(NC(=O)Oc2cccc(C(F)(F)F)c2)c1C. The molecule has 0 aliphatic carbocycles. The number of hydrogen-bond donors (Lipinski definition) is 1. The number of amides is 1. The molecule has 1 heterocycles. The van der Waals surface area contributed by atoms with Crippen molar-refractivity contribution in [1.82, 2.24) is 0 Å². The first-order valence-corrected chi connectivity index (χ1v) is 6.86. The van der Waals surface area contributed by atoms with Gasteiger partial charge in [0.05, 0.1) is 5.56 Å². The maximum Gasteiger partial charge on any atom is 0.417 e. The van der Waals surface area contributed by atoms with Gasteiger partial charge in [0.2, 0.25) is 0 Å². The molecule has 0 radical (unpaired) electrons. The van der Waals surface area contributed by atoms with E-state index in [1.54, 1.807) is 0 Å². The van der Waals surface area contributed by atoms with E-state index in [9.17, 15) is 18.0 Å². The summed E-state index contributed by atoms with van der Waals surface area (Å²) in [7, 11) is 0. The Hall–Kier alpha value is -2.02. The number of aryl methyl sites for hydroxylation is 1. The Balaban J connectivity index is 2.08. The van der Waals surface area contributed by atoms with Crippen LogP contribution in [0.4, 0.5) is 23.0 Å². The molecule has 1 N–H and O–H groups in total. The smallest absolute Gasteiger partial charge is 0.410 e. The topological polar surface area (TPSA) is 38.3 Å². The molecule has 2 aromatic rings. The molecule has 0 spiro atoms. The number of benzene rings is 1. The van der Waals surface area contributed by atoms with Crippen molar-refractivity contribution in [3.8, 4) is 5.75 Å². The highest BCUT2D eigenvalue weighted by Gasteiger charge is 2.30. The molecule has 1 aromatic carbocycles. The Morgan fingerprint density at radius 1 is 1.29 bits per heavy atom. The lowest BCUT2D eigenvalue weighted by Gasteiger charge is -2.09. The van der Waals surface area contributed by atoms with Crippen LogP contribution in [0.25, 0.3) is 0 Å². The van der Waals surface area contributed by atoms with E-state index in [2.05, 4.69) is 5.32 Å². The van der Waals surface area contributed by atoms with E-state index in [0.29, 0.717) is 5.00 Å². The zero-order valence-electron chi connectivity index (χ0n) is 11.2. The summed E-state index contributed by atoms with van der Waals surface area (Å²) in [6.45, 7) is 3.74. The third kappa shape index (κ3) is 3.75. The van der Waals surface area contributed by atoms with Crippen molar-refractivity contribution in [3.05, 3.63) is 46.3 Å². The Morgan fingerprint density at radius 2 is 2.00 bits per heavy atom. The second-order valence-electron chi connectivity index (χ2n) is 4.41. The van der Waals surface area contributed by atoms with Crippen LogP contribution in [0.5, 0.6) is 5.75 Å². The summed E-state index contributed by atoms with van der Waals surface area (Å²) in [5.41, 5.74) is 1.06. The first kappa shape index (κ1) is 15.4. The molecule has 0 saturated heterocycles. The van der Waals surface area contributed by atoms with Crippen LogP contribution in [0.1, 0.15) is 16.7 Å². The maximum atomic E-state index is 12.6. The fourth-order valence-electron chi connectivity index (χ4n) is 1.59. The lowest BCUT2D eigenvalue weighted by atomic mass is 10.2. The third-order valence-electron chi connectivity index (χ3n) is 2.87. The molecule has 21 heavy (non-hydrogen) atoms. The first-order valence-electron chi connectivity index (χ1n) is 5.98. The van der Waals surface area contributed by atoms with Gasteiger partial charge in [0.1, 0.15) is 10.8 Å². The molecular formula is C14H12F3NO2S. The van der Waals surface area contributed by atoms with Gasteiger partial charge in [-0.3, -0.25) is 5.32 Å². The Morgan fingerprint density at radius 3 is 2.57 bits per heavy atom. The summed E-state index contributed by atoms with van der Waals surface area (Å²) in [6, 6.07) is 4.18. The number of anilines is 1. The number of rotatable bonds is 2. The van der Waals surface area contributed by atoms with Crippen molar-refractivity contribution in [1.29, 1.82) is 0 Å². The van der Waals surface area contributed by atoms with Crippen molar-refractivity contribution in [2.45, 2.75) is 20.0 Å². The number of halogens is 3. The van der Waals surface area contributed by atoms with E-state index in [-0.39, 0.29) is 5.75 Å². The van der Waals surface area contributed by atoms with Crippen molar-refractivity contribution >= 4 is 22.4 Å². The van der Waals surface area contributed by atoms with E-state index in [4.69, 9.17) is 4.74 Å². The van der Waals surface area contributed by atoms with Gasteiger partial charge in [-0.05, 0) is 48.6 Å². The Kier molecular flexibility index (Phi) is 4.22. The highest BCUT2D eigenvalue weighted by Crippen LogP contribution is 2.31. The monoisotopic (exact) mass is 315 g/mol. The molecule has 7 heteroatoms. The number of alkyl halides is 3. The van der Waals surface area contributed by atoms with Gasteiger partial charge in [0, 0.05) is 0 Å². The summed E-state index contributed by atoms with van der Waals surface area (Å²) in [5, 5.41) is 5.00. The second-order valence-corrected chi connectivity index (χ2v) is 5.29. The van der Waals surface area contributed by atoms with Gasteiger partial charge in [-0.1, -0.05) is 6.07 Å². The fraction of sp³-hybridized carbons (Fsp3) is 0.214. The molecule has 0 atom stereocenters. The van der Waals surface area contributed by atoms with E-state index in [0.717, 1.165) is 23.3 Å². The van der Waals surface area contributed by atoms with E-state index in [1.165, 1.54) is 23.5 Å². The van der Waals surface area contributed by atoms with Crippen molar-refractivity contribution in [2.75, 3.05) is 5.32 Å². The normalized spacial score (nSPS) is 11.3. The lowest BCUT2D eigenvalue weighted by molar-refractivity contribution is -0.137. The summed E-state index contributed by atoms with van der Waals surface area (Å²) >= 11 is 1.33. The Labute approximate surface area is 123 Å². The van der Waals surface area contributed by atoms with Crippen LogP contribution >= 0.6 is 11.3 Å². The molecular weight excluding hydrogens is 303 g/mol. The minimum Gasteiger partial charge on any atom is -0.410 e. The summed E-state index contributed by atoms with van der Waals surface area (Å²) in [6.07, 6.45) is -5.30. The number of carbonyl (C=O) groups excluding carboxylic acids is 1. The van der Waals surface area contributed by atoms with Gasteiger partial charge in [0.15, 0.2) is 0 Å². The first-order chi connectivity index (χ1) is 9.77. The van der Waals surface area contributed by atoms with Gasteiger partial charge < -0.3 is 4.74 Å². The number of hydrogen-bond acceptors (Lipinski definition) is 3. The highest BCUT2D eigenvalue weighted by molar-refractivity contribution is 7.14. The van der Waals surface area contributed by atoms with Gasteiger partial charge >= 0.3 is 12.3 Å². The van der Waals surface area contributed by atoms with Crippen LogP contribution in [-0.4, -0.2) is 6.09 Å². The molecule has 3 nitrogen and oxygen atoms in total. The molecule has 0 aliphatic rings. The van der Waals surface area contributed by atoms with Crippen LogP contribution in [0.2, 0.25) is 0 Å². The van der Waals surface area contributed by atoms with Gasteiger partial charge in [-0.25, -0.2) is 4.79 Å². The molecule has 0 saturated carbocycles. The van der Waals surface area contributed by atoms with Crippen molar-refractivity contribution in [2.24, 2.45) is 0 Å². The van der Waals surface area contributed by atoms with Crippen LogP contribution in [0, 0.1) is 13.8 Å². The number of thiophene rings is 1. The molecule has 1 aromatic heterocycles. The molecule has 0 unspecified atom stereocenters. The van der Waals surface area contributed by atoms with Crippen LogP contribution in [-0.2, 0) is 6.18 Å². The maximum absolute atomic E-state index is 12.6. The second kappa shape index (κ2) is 5.77. The van der Waals surface area contributed by atoms with Gasteiger partial charge in [-0.15, -0.1) is 11.3 Å². The highest BCUT2D eigenvalue weighted by atomic mass is 32.1. The van der Waals surface area contributed by atoms with Crippen LogP contribution in [0.3, 0.4) is 0 Å². The average Bonchev–Trinajstić information content (AvgIpc) is 2.70. The van der Waals surface area contributed by atoms with Crippen LogP contribution < -0.4 is 10.1 Å². The third-order valence-corrected chi connectivity index (χ3v) is 3.99. The van der Waals surface area contributed by atoms with Gasteiger partial charge in [-0.2, -0.15) is 13.2 Å². The largest absolute Gasteiger partial charge is 0.417 e. The fourth-order valence-corrected chi connectivity index (χ4v) is 2.54. The molecule has 2 rings (SSSR count). The number of carbonyl (C=O) groups is 1. The van der Waals surface area contributed by atoms with Crippen molar-refractivity contribution in [3.63, 3.8) is 0 Å². The minimum absolute atomic E-state index is 0.159. The quantitative estimate of drug-likeness (QED) is 0.847. The summed E-state index contributed by atoms with van der Waals surface area (Å²) < 4.78 is 42.5. The van der Waals surface area contributed by atoms with Crippen molar-refractivity contribution < 1.29 is 22.7 Å². The molecule has 112 valence electrons. The summed E-state index contributed by atoms with van der Waals surface area (Å²) in [5.74, 6) is -0.159. The van der Waals surface area contributed by atoms with Crippen LogP contribution in [0.15, 0.2) is 29.6 Å². The molecule has 0 fully saturated rings.